The van der Waals surface area contributed by atoms with Crippen molar-refractivity contribution in [2.45, 2.75) is 26.7 Å². The van der Waals surface area contributed by atoms with E-state index in [0.29, 0.717) is 28.9 Å². The van der Waals surface area contributed by atoms with Crippen molar-refractivity contribution in [1.82, 2.24) is 24.5 Å². The average Bonchev–Trinajstić information content (AvgIpc) is 3.48. The Balaban J connectivity index is 0.00000224. The first-order valence-corrected chi connectivity index (χ1v) is 16.2. The van der Waals surface area contributed by atoms with E-state index >= 15 is 0 Å². The molecule has 4 aromatic carbocycles. The van der Waals surface area contributed by atoms with E-state index in [1.165, 1.54) is 11.1 Å². The predicted molar refractivity (Wildman–Crippen MR) is 190 cm³/mol. The van der Waals surface area contributed by atoms with Gasteiger partial charge in [-0.1, -0.05) is 60.3 Å². The molecule has 51 heavy (non-hydrogen) atoms. The number of nitrogens with zero attached hydrogens (tertiary/aromatic N) is 5. The SMILES string of the molecule is CCc1ccnc(-c2[c-]c(Oc3[c-]c4c(cc3)c3ccc(Oc5[c-]c(-c6cc(CC)ccn6)ccc5)[c-]c3n4-c3ncccn3)ccc2)c1.[Pt+2].[Pt+2]. The summed E-state index contributed by atoms with van der Waals surface area (Å²) in [7, 11) is 0. The third-order valence-corrected chi connectivity index (χ3v) is 8.28. The smallest absolute Gasteiger partial charge is 0.503 e. The zero-order valence-electron chi connectivity index (χ0n) is 27.6. The topological polar surface area (TPSA) is 75.0 Å². The molecule has 0 fully saturated rings. The van der Waals surface area contributed by atoms with Crippen molar-refractivity contribution >= 4 is 21.8 Å². The maximum atomic E-state index is 6.32. The van der Waals surface area contributed by atoms with Gasteiger partial charge in [0.05, 0.1) is 0 Å². The van der Waals surface area contributed by atoms with Gasteiger partial charge in [-0.3, -0.25) is 0 Å². The first-order valence-electron chi connectivity index (χ1n) is 16.2. The van der Waals surface area contributed by atoms with Crippen LogP contribution in [0, 0.1) is 24.3 Å². The second kappa shape index (κ2) is 15.9. The fourth-order valence-electron chi connectivity index (χ4n) is 5.79. The Morgan fingerprint density at radius 3 is 1.45 bits per heavy atom. The minimum Gasteiger partial charge on any atom is -0.503 e. The van der Waals surface area contributed by atoms with Crippen LogP contribution in [0.4, 0.5) is 0 Å². The Morgan fingerprint density at radius 1 is 0.510 bits per heavy atom. The maximum Gasteiger partial charge on any atom is 2.00 e. The van der Waals surface area contributed by atoms with E-state index in [2.05, 4.69) is 70.2 Å². The van der Waals surface area contributed by atoms with Crippen LogP contribution < -0.4 is 9.47 Å². The molecule has 8 aromatic rings. The molecule has 0 unspecified atom stereocenters. The molecule has 0 saturated heterocycles. The number of benzene rings is 4. The van der Waals surface area contributed by atoms with Crippen LogP contribution in [0.15, 0.2) is 116 Å². The van der Waals surface area contributed by atoms with E-state index in [1.54, 1.807) is 18.5 Å². The van der Waals surface area contributed by atoms with Crippen LogP contribution >= 0.6 is 0 Å². The Kier molecular flexibility index (Phi) is 11.2. The average molecular weight is 1030 g/mol. The molecule has 0 aliphatic rings. The van der Waals surface area contributed by atoms with Gasteiger partial charge in [-0.2, -0.15) is 22.9 Å². The van der Waals surface area contributed by atoms with Gasteiger partial charge in [0.1, 0.15) is 0 Å². The molecule has 9 heteroatoms. The summed E-state index contributed by atoms with van der Waals surface area (Å²) >= 11 is 0. The van der Waals surface area contributed by atoms with Crippen LogP contribution in [0.25, 0.3) is 50.3 Å². The third kappa shape index (κ3) is 7.56. The van der Waals surface area contributed by atoms with Crippen molar-refractivity contribution in [3.8, 4) is 51.5 Å². The molecule has 0 aliphatic heterocycles. The number of hydrogen-bond donors (Lipinski definition) is 0. The van der Waals surface area contributed by atoms with Crippen molar-refractivity contribution < 1.29 is 51.6 Å². The summed E-state index contributed by atoms with van der Waals surface area (Å²) in [6.07, 6.45) is 8.95. The zero-order valence-corrected chi connectivity index (χ0v) is 32.1. The summed E-state index contributed by atoms with van der Waals surface area (Å²) in [4.78, 5) is 18.2. The predicted octanol–water partition coefficient (Wildman–Crippen LogP) is 9.60. The summed E-state index contributed by atoms with van der Waals surface area (Å²) in [5, 5.41) is 1.90. The van der Waals surface area contributed by atoms with E-state index in [-0.39, 0.29) is 42.1 Å². The minimum absolute atomic E-state index is 0. The number of fused-ring (bicyclic) bond motifs is 3. The molecule has 8 rings (SSSR count). The number of aryl methyl sites for hydroxylation is 2. The molecule has 7 nitrogen and oxygen atoms in total. The molecule has 4 heterocycles. The molecular weight excluding hydrogens is 997 g/mol. The molecule has 0 saturated carbocycles. The van der Waals surface area contributed by atoms with Gasteiger partial charge in [0.2, 0.25) is 5.95 Å². The summed E-state index contributed by atoms with van der Waals surface area (Å²) in [5.41, 5.74) is 7.34. The molecule has 0 amide bonds. The fourth-order valence-corrected chi connectivity index (χ4v) is 5.79. The zero-order chi connectivity index (χ0) is 33.2. The van der Waals surface area contributed by atoms with Crippen molar-refractivity contribution in [1.29, 1.82) is 0 Å². The van der Waals surface area contributed by atoms with Crippen LogP contribution in [-0.2, 0) is 55.0 Å². The first kappa shape index (κ1) is 35.8. The monoisotopic (exact) mass is 1030 g/mol. The number of pyridine rings is 2. The Bertz CT molecular complexity index is 2300. The molecule has 254 valence electrons. The van der Waals surface area contributed by atoms with Crippen LogP contribution in [-0.4, -0.2) is 24.5 Å². The molecule has 0 spiro atoms. The van der Waals surface area contributed by atoms with Gasteiger partial charge in [-0.25, -0.2) is 9.97 Å². The van der Waals surface area contributed by atoms with Crippen LogP contribution in [0.1, 0.15) is 25.0 Å². The van der Waals surface area contributed by atoms with Crippen molar-refractivity contribution in [2.24, 2.45) is 0 Å². The summed E-state index contributed by atoms with van der Waals surface area (Å²) in [6, 6.07) is 43.1. The third-order valence-electron chi connectivity index (χ3n) is 8.28. The number of rotatable bonds is 9. The van der Waals surface area contributed by atoms with Crippen molar-refractivity contribution in [3.05, 3.63) is 151 Å². The molecule has 4 aromatic heterocycles. The fraction of sp³-hybridized carbons (Fsp3) is 0.0952. The minimum atomic E-state index is 0. The molecule has 0 N–H and O–H groups in total. The molecule has 0 bridgehead atoms. The van der Waals surface area contributed by atoms with E-state index in [1.807, 2.05) is 89.8 Å². The molecule has 0 atom stereocenters. The maximum absolute atomic E-state index is 6.32. The standard InChI is InChI=1S/C42H29N5O2.2Pt/c1-3-28-16-20-43-38(22-28)30-8-5-10-32(24-30)48-34-12-14-36-37-15-13-35(27-41(37)47(40(36)26-34)42-45-18-7-19-46-42)49-33-11-6-9-31(25-33)39-23-29(4-2)17-21-44-39;;/h5-23H,3-4H2,1-2H3;;/q-4;2*+2. The Morgan fingerprint density at radius 2 is 0.980 bits per heavy atom. The molecule has 0 radical (unpaired) electrons. The number of hydrogen-bond acceptors (Lipinski definition) is 6. The van der Waals surface area contributed by atoms with E-state index in [0.717, 1.165) is 57.2 Å². The van der Waals surface area contributed by atoms with E-state index in [4.69, 9.17) is 9.47 Å². The second-order valence-corrected chi connectivity index (χ2v) is 11.4. The Hall–Kier alpha value is -4.96. The van der Waals surface area contributed by atoms with Gasteiger partial charge in [0.25, 0.3) is 0 Å². The van der Waals surface area contributed by atoms with Crippen LogP contribution in [0.2, 0.25) is 0 Å². The summed E-state index contributed by atoms with van der Waals surface area (Å²) in [6.45, 7) is 4.26. The van der Waals surface area contributed by atoms with Crippen LogP contribution in [0.5, 0.6) is 23.0 Å². The van der Waals surface area contributed by atoms with Gasteiger partial charge in [-0.05, 0) is 42.4 Å². The number of ether oxygens (including phenoxy) is 2. The van der Waals surface area contributed by atoms with Gasteiger partial charge < -0.3 is 24.0 Å². The van der Waals surface area contributed by atoms with Gasteiger partial charge in [-0.15, -0.1) is 71.8 Å². The second-order valence-electron chi connectivity index (χ2n) is 11.4. The van der Waals surface area contributed by atoms with Crippen molar-refractivity contribution in [3.63, 3.8) is 0 Å². The van der Waals surface area contributed by atoms with Gasteiger partial charge >= 0.3 is 42.1 Å². The first-order chi connectivity index (χ1) is 24.1. The van der Waals surface area contributed by atoms with Gasteiger partial charge in [0, 0.05) is 47.8 Å². The largest absolute Gasteiger partial charge is 2.00 e. The normalized spacial score (nSPS) is 10.8. The number of aromatic nitrogens is 5. The molecular formula is C42H29N5O2Pt2. The summed E-state index contributed by atoms with van der Waals surface area (Å²) in [5.74, 6) is 2.66. The van der Waals surface area contributed by atoms with E-state index in [9.17, 15) is 0 Å². The van der Waals surface area contributed by atoms with Crippen LogP contribution in [0.3, 0.4) is 0 Å². The van der Waals surface area contributed by atoms with E-state index < -0.39 is 0 Å². The Labute approximate surface area is 325 Å². The van der Waals surface area contributed by atoms with Gasteiger partial charge in [0.15, 0.2) is 0 Å². The quantitative estimate of drug-likeness (QED) is 0.134. The summed E-state index contributed by atoms with van der Waals surface area (Å²) < 4.78 is 14.6. The van der Waals surface area contributed by atoms with Crippen molar-refractivity contribution in [2.75, 3.05) is 0 Å². The molecule has 0 aliphatic carbocycles.